The number of fused-ring (bicyclic) bond motifs is 1. The topological polar surface area (TPSA) is 113 Å². The number of para-hydroxylation sites is 2. The summed E-state index contributed by atoms with van der Waals surface area (Å²) in [5.41, 5.74) is 0.975. The fraction of sp³-hybridized carbons (Fsp3) is 0.304. The van der Waals surface area contributed by atoms with Crippen LogP contribution in [-0.2, 0) is 5.75 Å². The largest absolute Gasteiger partial charge is 0.465 e. The molecule has 0 spiro atoms. The number of oxazole rings is 1. The van der Waals surface area contributed by atoms with Crippen molar-refractivity contribution in [3.63, 3.8) is 0 Å². The number of carbonyl (C=O) groups excluding carboxylic acids is 2. The number of hydrogen-bond acceptors (Lipinski definition) is 6. The second kappa shape index (κ2) is 9.44. The van der Waals surface area contributed by atoms with Gasteiger partial charge in [-0.25, -0.2) is 19.5 Å². The summed E-state index contributed by atoms with van der Waals surface area (Å²) >= 11 is 1.54. The molecular weight excluding hydrogens is 430 g/mol. The van der Waals surface area contributed by atoms with Crippen LogP contribution in [0.3, 0.4) is 0 Å². The lowest BCUT2D eigenvalue weighted by Gasteiger charge is -2.40. The summed E-state index contributed by atoms with van der Waals surface area (Å²) in [5.74, 6) is 0.653. The first-order valence-corrected chi connectivity index (χ1v) is 11.5. The molecule has 3 aromatic rings. The van der Waals surface area contributed by atoms with Crippen LogP contribution in [0.15, 0.2) is 59.0 Å². The number of urea groups is 1. The molecule has 8 nitrogen and oxygen atoms in total. The van der Waals surface area contributed by atoms with Crippen LogP contribution in [0, 0.1) is 0 Å². The number of carboxylic acid groups (broad SMARTS) is 1. The van der Waals surface area contributed by atoms with Gasteiger partial charge in [-0.15, -0.1) is 0 Å². The van der Waals surface area contributed by atoms with Crippen LogP contribution >= 0.6 is 11.8 Å². The van der Waals surface area contributed by atoms with Gasteiger partial charge in [0.25, 0.3) is 5.89 Å². The summed E-state index contributed by atoms with van der Waals surface area (Å²) in [4.78, 5) is 42.6. The molecule has 0 unspecified atom stereocenters. The number of aromatic nitrogens is 1. The highest BCUT2D eigenvalue weighted by Crippen LogP contribution is 2.35. The van der Waals surface area contributed by atoms with Crippen LogP contribution in [0.4, 0.5) is 9.59 Å². The molecular formula is C23H23N3O5S. The van der Waals surface area contributed by atoms with Gasteiger partial charge in [0.1, 0.15) is 11.1 Å². The predicted molar refractivity (Wildman–Crippen MR) is 121 cm³/mol. The number of Topliss-reactive ketones (excluding diaryl/α,β-unsaturated/α-hetero) is 1. The molecule has 2 N–H and O–H groups in total. The molecule has 1 aromatic heterocycles. The monoisotopic (exact) mass is 453 g/mol. The zero-order chi connectivity index (χ0) is 22.6. The van der Waals surface area contributed by atoms with Crippen molar-refractivity contribution in [2.75, 3.05) is 12.3 Å². The molecule has 1 aliphatic rings. The molecule has 0 radical (unpaired) electrons. The molecule has 9 heteroatoms. The lowest BCUT2D eigenvalue weighted by Crippen LogP contribution is -2.62. The van der Waals surface area contributed by atoms with E-state index < -0.39 is 23.4 Å². The Kier molecular flexibility index (Phi) is 6.45. The van der Waals surface area contributed by atoms with Crippen molar-refractivity contribution in [1.82, 2.24) is 15.2 Å². The van der Waals surface area contributed by atoms with Crippen molar-refractivity contribution < 1.29 is 23.9 Å². The quantitative estimate of drug-likeness (QED) is 0.380. The number of carbonyl (C=O) groups is 3. The summed E-state index contributed by atoms with van der Waals surface area (Å²) in [6.07, 6.45) is 0.206. The summed E-state index contributed by atoms with van der Waals surface area (Å²) in [7, 11) is 0. The van der Waals surface area contributed by atoms with Crippen molar-refractivity contribution in [1.29, 1.82) is 0 Å². The minimum absolute atomic E-state index is 0.0197. The average Bonchev–Trinajstić information content (AvgIpc) is 3.20. The van der Waals surface area contributed by atoms with Crippen molar-refractivity contribution in [3.8, 4) is 0 Å². The molecule has 4 rings (SSSR count). The molecule has 166 valence electrons. The number of ketones is 1. The molecule has 1 aliphatic carbocycles. The minimum atomic E-state index is -1.36. The Morgan fingerprint density at radius 1 is 1.09 bits per heavy atom. The molecule has 2 aromatic carbocycles. The fourth-order valence-corrected chi connectivity index (χ4v) is 4.47. The van der Waals surface area contributed by atoms with Gasteiger partial charge in [0.15, 0.2) is 5.58 Å². The van der Waals surface area contributed by atoms with Crippen molar-refractivity contribution >= 4 is 40.8 Å². The number of nitrogens with one attached hydrogen (secondary N) is 1. The fourth-order valence-electron chi connectivity index (χ4n) is 3.59. The lowest BCUT2D eigenvalue weighted by molar-refractivity contribution is 0.0691. The summed E-state index contributed by atoms with van der Waals surface area (Å²) in [6.45, 7) is 0.0197. The molecule has 1 saturated carbocycles. The highest BCUT2D eigenvalue weighted by atomic mass is 32.2. The third kappa shape index (κ3) is 4.62. The summed E-state index contributed by atoms with van der Waals surface area (Å²) < 4.78 is 5.58. The Balaban J connectivity index is 1.39. The lowest BCUT2D eigenvalue weighted by atomic mass is 9.73. The van der Waals surface area contributed by atoms with Gasteiger partial charge < -0.3 is 14.8 Å². The first kappa shape index (κ1) is 21.9. The van der Waals surface area contributed by atoms with Gasteiger partial charge in [-0.05, 0) is 37.0 Å². The predicted octanol–water partition coefficient (Wildman–Crippen LogP) is 4.56. The smallest absolute Gasteiger partial charge is 0.415 e. The van der Waals surface area contributed by atoms with Crippen LogP contribution in [0.5, 0.6) is 0 Å². The third-order valence-corrected chi connectivity index (χ3v) is 6.53. The Bertz CT molecular complexity index is 1090. The standard InChI is InChI=1S/C23H23N3O5S/c27-19(20-24-17-9-4-5-10-18(17)31-20)23(11-6-12-23)25-21(28)26(22(29)30)13-14-32-15-16-7-2-1-3-8-16/h1-5,7-10H,6,11-15H2,(H,25,28)(H,29,30). The highest BCUT2D eigenvalue weighted by Gasteiger charge is 2.48. The van der Waals surface area contributed by atoms with Crippen LogP contribution < -0.4 is 5.32 Å². The Morgan fingerprint density at radius 3 is 2.47 bits per heavy atom. The number of hydrogen-bond donors (Lipinski definition) is 2. The maximum absolute atomic E-state index is 13.1. The zero-order valence-electron chi connectivity index (χ0n) is 17.3. The van der Waals surface area contributed by atoms with Gasteiger partial charge in [-0.2, -0.15) is 11.8 Å². The number of amides is 3. The van der Waals surface area contributed by atoms with E-state index in [0.717, 1.165) is 22.6 Å². The first-order valence-electron chi connectivity index (χ1n) is 10.3. The Hall–Kier alpha value is -3.33. The Morgan fingerprint density at radius 2 is 1.81 bits per heavy atom. The number of imide groups is 1. The van der Waals surface area contributed by atoms with E-state index in [1.807, 2.05) is 30.3 Å². The highest BCUT2D eigenvalue weighted by molar-refractivity contribution is 7.98. The van der Waals surface area contributed by atoms with Crippen molar-refractivity contribution in [2.24, 2.45) is 0 Å². The van der Waals surface area contributed by atoms with Gasteiger partial charge in [-0.3, -0.25) is 4.79 Å². The molecule has 32 heavy (non-hydrogen) atoms. The van der Waals surface area contributed by atoms with Gasteiger partial charge in [0, 0.05) is 18.1 Å². The second-order valence-electron chi connectivity index (χ2n) is 7.65. The minimum Gasteiger partial charge on any atom is -0.465 e. The normalized spacial score (nSPS) is 14.5. The van der Waals surface area contributed by atoms with Crippen LogP contribution in [0.25, 0.3) is 11.1 Å². The first-order chi connectivity index (χ1) is 15.5. The average molecular weight is 454 g/mol. The van der Waals surface area contributed by atoms with Crippen molar-refractivity contribution in [3.05, 3.63) is 66.1 Å². The molecule has 3 amide bonds. The molecule has 0 bridgehead atoms. The number of thioether (sulfide) groups is 1. The van der Waals surface area contributed by atoms with Crippen LogP contribution in [0.2, 0.25) is 0 Å². The number of benzene rings is 2. The van der Waals surface area contributed by atoms with E-state index >= 15 is 0 Å². The molecule has 0 atom stereocenters. The number of rotatable bonds is 8. The van der Waals surface area contributed by atoms with E-state index in [1.165, 1.54) is 11.8 Å². The SMILES string of the molecule is O=C(O)N(CCSCc1ccccc1)C(=O)NC1(C(=O)c2nc3ccccc3o2)CCC1. The van der Waals surface area contributed by atoms with Crippen LogP contribution in [-0.4, -0.2) is 50.7 Å². The van der Waals surface area contributed by atoms with Gasteiger partial charge in [-0.1, -0.05) is 42.5 Å². The summed E-state index contributed by atoms with van der Waals surface area (Å²) in [5, 5.41) is 12.2. The van der Waals surface area contributed by atoms with Gasteiger partial charge >= 0.3 is 12.1 Å². The summed E-state index contributed by atoms with van der Waals surface area (Å²) in [6, 6.07) is 16.0. The maximum atomic E-state index is 13.1. The van der Waals surface area contributed by atoms with E-state index in [0.29, 0.717) is 29.7 Å². The van der Waals surface area contributed by atoms with Crippen molar-refractivity contribution in [2.45, 2.75) is 30.6 Å². The van der Waals surface area contributed by atoms with Gasteiger partial charge in [0.05, 0.1) is 0 Å². The van der Waals surface area contributed by atoms with E-state index in [9.17, 15) is 19.5 Å². The number of nitrogens with zero attached hydrogens (tertiary/aromatic N) is 2. The van der Waals surface area contributed by atoms with E-state index in [-0.39, 0.29) is 12.4 Å². The maximum Gasteiger partial charge on any atom is 0.415 e. The molecule has 0 aliphatic heterocycles. The van der Waals surface area contributed by atoms with E-state index in [2.05, 4.69) is 10.3 Å². The van der Waals surface area contributed by atoms with E-state index in [1.54, 1.807) is 24.3 Å². The van der Waals surface area contributed by atoms with Gasteiger partial charge in [0.2, 0.25) is 5.78 Å². The zero-order valence-corrected chi connectivity index (χ0v) is 18.1. The van der Waals surface area contributed by atoms with E-state index in [4.69, 9.17) is 4.42 Å². The molecule has 1 fully saturated rings. The molecule has 1 heterocycles. The van der Waals surface area contributed by atoms with Crippen LogP contribution in [0.1, 0.15) is 35.5 Å². The third-order valence-electron chi connectivity index (χ3n) is 5.52. The second-order valence-corrected chi connectivity index (χ2v) is 8.76. The molecule has 0 saturated heterocycles. The Labute approximate surface area is 189 Å².